The highest BCUT2D eigenvalue weighted by molar-refractivity contribution is 6.17. The molecule has 0 radical (unpaired) electrons. The second kappa shape index (κ2) is 6.48. The molecule has 1 aromatic rings. The number of carbonyl (C=O) groups is 1. The molecule has 1 atom stereocenters. The molecule has 0 saturated carbocycles. The number of benzene rings is 1. The monoisotopic (exact) mass is 305 g/mol. The molecule has 6 heteroatoms. The average molecular weight is 306 g/mol. The lowest BCUT2D eigenvalue weighted by atomic mass is 10.1. The van der Waals surface area contributed by atoms with Gasteiger partial charge < -0.3 is 4.90 Å². The van der Waals surface area contributed by atoms with Gasteiger partial charge in [0.15, 0.2) is 17.5 Å². The summed E-state index contributed by atoms with van der Waals surface area (Å²) in [6.45, 7) is 0.504. The molecule has 1 saturated heterocycles. The molecular weight excluding hydrogens is 291 g/mol. The molecular formula is C14H15ClF3NO. The Bertz CT molecular complexity index is 509. The normalized spacial score (nSPS) is 18.6. The largest absolute Gasteiger partial charge is 0.336 e. The van der Waals surface area contributed by atoms with Crippen molar-refractivity contribution in [3.8, 4) is 0 Å². The molecule has 0 N–H and O–H groups in total. The summed E-state index contributed by atoms with van der Waals surface area (Å²) in [6.07, 6.45) is 3.15. The predicted molar refractivity (Wildman–Crippen MR) is 70.3 cm³/mol. The number of rotatable bonds is 4. The fourth-order valence-corrected chi connectivity index (χ4v) is 2.72. The quantitative estimate of drug-likeness (QED) is 0.613. The van der Waals surface area contributed by atoms with Gasteiger partial charge >= 0.3 is 0 Å². The molecule has 1 amide bonds. The van der Waals surface area contributed by atoms with Crippen molar-refractivity contribution in [3.63, 3.8) is 0 Å². The molecule has 0 aromatic heterocycles. The van der Waals surface area contributed by atoms with E-state index in [1.54, 1.807) is 0 Å². The van der Waals surface area contributed by atoms with E-state index in [9.17, 15) is 18.0 Å². The van der Waals surface area contributed by atoms with Gasteiger partial charge in [0.1, 0.15) is 0 Å². The maximum Gasteiger partial charge on any atom is 0.257 e. The molecule has 1 unspecified atom stereocenters. The van der Waals surface area contributed by atoms with Crippen LogP contribution >= 0.6 is 11.6 Å². The fraction of sp³-hybridized carbons (Fsp3) is 0.500. The van der Waals surface area contributed by atoms with Crippen molar-refractivity contribution in [1.29, 1.82) is 0 Å². The highest BCUT2D eigenvalue weighted by Gasteiger charge is 2.31. The van der Waals surface area contributed by atoms with Crippen LogP contribution in [0.1, 0.15) is 36.0 Å². The average Bonchev–Trinajstić information content (AvgIpc) is 2.90. The first-order valence-electron chi connectivity index (χ1n) is 6.56. The van der Waals surface area contributed by atoms with Crippen molar-refractivity contribution in [2.45, 2.75) is 31.7 Å². The maximum absolute atomic E-state index is 13.7. The van der Waals surface area contributed by atoms with Gasteiger partial charge in [-0.05, 0) is 37.8 Å². The summed E-state index contributed by atoms with van der Waals surface area (Å²) in [6, 6.07) is 1.76. The third kappa shape index (κ3) is 2.92. The van der Waals surface area contributed by atoms with E-state index in [1.807, 2.05) is 0 Å². The van der Waals surface area contributed by atoms with Crippen LogP contribution in [0.25, 0.3) is 0 Å². The van der Waals surface area contributed by atoms with Crippen LogP contribution < -0.4 is 0 Å². The topological polar surface area (TPSA) is 20.3 Å². The first kappa shape index (κ1) is 15.2. The highest BCUT2D eigenvalue weighted by atomic mass is 35.5. The van der Waals surface area contributed by atoms with Gasteiger partial charge in [-0.25, -0.2) is 13.2 Å². The van der Waals surface area contributed by atoms with Gasteiger partial charge in [-0.3, -0.25) is 4.79 Å². The minimum Gasteiger partial charge on any atom is -0.336 e. The van der Waals surface area contributed by atoms with Crippen LogP contribution in [-0.4, -0.2) is 29.3 Å². The Labute approximate surface area is 120 Å². The predicted octanol–water partition coefficient (Wildman–Crippen LogP) is 3.73. The second-order valence-corrected chi connectivity index (χ2v) is 5.23. The van der Waals surface area contributed by atoms with Gasteiger partial charge in [0, 0.05) is 18.5 Å². The lowest BCUT2D eigenvalue weighted by Crippen LogP contribution is -2.36. The molecule has 0 spiro atoms. The molecule has 20 heavy (non-hydrogen) atoms. The van der Waals surface area contributed by atoms with Crippen LogP contribution in [0.4, 0.5) is 13.2 Å². The third-order valence-electron chi connectivity index (χ3n) is 3.57. The SMILES string of the molecule is O=C(c1ccc(F)c(F)c1F)N1CCCC1CCCCl. The minimum absolute atomic E-state index is 0.00577. The Hall–Kier alpha value is -1.23. The number of halogens is 4. The molecule has 2 nitrogen and oxygen atoms in total. The first-order valence-corrected chi connectivity index (χ1v) is 7.10. The zero-order valence-corrected chi connectivity index (χ0v) is 11.6. The van der Waals surface area contributed by atoms with Crippen molar-refractivity contribution in [3.05, 3.63) is 35.1 Å². The molecule has 1 aliphatic heterocycles. The number of alkyl halides is 1. The van der Waals surface area contributed by atoms with Gasteiger partial charge in [-0.2, -0.15) is 0 Å². The van der Waals surface area contributed by atoms with Gasteiger partial charge in [0.05, 0.1) is 5.56 Å². The van der Waals surface area contributed by atoms with Gasteiger partial charge in [0.2, 0.25) is 0 Å². The van der Waals surface area contributed by atoms with Crippen LogP contribution in [0.3, 0.4) is 0 Å². The Morgan fingerprint density at radius 3 is 2.75 bits per heavy atom. The number of hydrogen-bond donors (Lipinski definition) is 0. The van der Waals surface area contributed by atoms with E-state index in [0.717, 1.165) is 37.8 Å². The molecule has 0 bridgehead atoms. The molecule has 110 valence electrons. The Morgan fingerprint density at radius 1 is 1.30 bits per heavy atom. The van der Waals surface area contributed by atoms with Crippen LogP contribution in [0.15, 0.2) is 12.1 Å². The lowest BCUT2D eigenvalue weighted by Gasteiger charge is -2.24. The summed E-state index contributed by atoms with van der Waals surface area (Å²) in [5.41, 5.74) is -0.415. The van der Waals surface area contributed by atoms with Crippen LogP contribution in [0, 0.1) is 17.5 Å². The summed E-state index contributed by atoms with van der Waals surface area (Å²) in [5, 5.41) is 0. The highest BCUT2D eigenvalue weighted by Crippen LogP contribution is 2.25. The summed E-state index contributed by atoms with van der Waals surface area (Å²) in [7, 11) is 0. The van der Waals surface area contributed by atoms with E-state index in [4.69, 9.17) is 11.6 Å². The smallest absolute Gasteiger partial charge is 0.257 e. The fourth-order valence-electron chi connectivity index (χ4n) is 2.56. The summed E-state index contributed by atoms with van der Waals surface area (Å²) < 4.78 is 39.8. The molecule has 1 aromatic carbocycles. The van der Waals surface area contributed by atoms with E-state index in [1.165, 1.54) is 4.90 Å². The second-order valence-electron chi connectivity index (χ2n) is 4.85. The van der Waals surface area contributed by atoms with E-state index >= 15 is 0 Å². The van der Waals surface area contributed by atoms with E-state index in [-0.39, 0.29) is 6.04 Å². The lowest BCUT2D eigenvalue weighted by molar-refractivity contribution is 0.0724. The van der Waals surface area contributed by atoms with Crippen LogP contribution in [-0.2, 0) is 0 Å². The zero-order valence-electron chi connectivity index (χ0n) is 10.8. The maximum atomic E-state index is 13.7. The Kier molecular flexibility index (Phi) is 4.91. The number of amides is 1. The molecule has 1 heterocycles. The molecule has 0 aliphatic carbocycles. The number of carbonyl (C=O) groups excluding carboxylic acids is 1. The van der Waals surface area contributed by atoms with Crippen LogP contribution in [0.2, 0.25) is 0 Å². The van der Waals surface area contributed by atoms with Gasteiger partial charge in [-0.1, -0.05) is 0 Å². The number of hydrogen-bond acceptors (Lipinski definition) is 1. The Morgan fingerprint density at radius 2 is 2.05 bits per heavy atom. The first-order chi connectivity index (χ1) is 9.56. The number of likely N-dealkylation sites (tertiary alicyclic amines) is 1. The van der Waals surface area contributed by atoms with Crippen molar-refractivity contribution in [2.24, 2.45) is 0 Å². The molecule has 1 aliphatic rings. The molecule has 1 fully saturated rings. The van der Waals surface area contributed by atoms with Gasteiger partial charge in [-0.15, -0.1) is 11.6 Å². The molecule has 2 rings (SSSR count). The van der Waals surface area contributed by atoms with Crippen molar-refractivity contribution in [2.75, 3.05) is 12.4 Å². The summed E-state index contributed by atoms with van der Waals surface area (Å²) in [4.78, 5) is 13.8. The van der Waals surface area contributed by atoms with Crippen molar-refractivity contribution in [1.82, 2.24) is 4.90 Å². The Balaban J connectivity index is 2.20. The van der Waals surface area contributed by atoms with Crippen LogP contribution in [0.5, 0.6) is 0 Å². The standard InChI is InChI=1S/C14H15ClF3NO/c15-7-1-3-9-4-2-8-19(9)14(20)10-5-6-11(16)13(18)12(10)17/h5-6,9H,1-4,7-8H2. The van der Waals surface area contributed by atoms with E-state index in [0.29, 0.717) is 12.4 Å². The van der Waals surface area contributed by atoms with Crippen molar-refractivity contribution >= 4 is 17.5 Å². The van der Waals surface area contributed by atoms with Crippen molar-refractivity contribution < 1.29 is 18.0 Å². The summed E-state index contributed by atoms with van der Waals surface area (Å²) >= 11 is 5.63. The number of nitrogens with zero attached hydrogens (tertiary/aromatic N) is 1. The zero-order chi connectivity index (χ0) is 14.7. The summed E-state index contributed by atoms with van der Waals surface area (Å²) in [5.74, 6) is -4.40. The van der Waals surface area contributed by atoms with Gasteiger partial charge in [0.25, 0.3) is 5.91 Å². The van der Waals surface area contributed by atoms with E-state index < -0.39 is 28.9 Å². The van der Waals surface area contributed by atoms with E-state index in [2.05, 4.69) is 0 Å². The third-order valence-corrected chi connectivity index (χ3v) is 3.84. The minimum atomic E-state index is -1.60.